The van der Waals surface area contributed by atoms with E-state index in [9.17, 15) is 13.2 Å². The number of para-hydroxylation sites is 1. The molecule has 1 aliphatic rings. The van der Waals surface area contributed by atoms with Crippen molar-refractivity contribution in [3.8, 4) is 0 Å². The van der Waals surface area contributed by atoms with E-state index >= 15 is 0 Å². The number of sulfonamides is 1. The van der Waals surface area contributed by atoms with Gasteiger partial charge in [0.15, 0.2) is 0 Å². The quantitative estimate of drug-likeness (QED) is 0.500. The van der Waals surface area contributed by atoms with E-state index in [1.807, 2.05) is 50.2 Å². The molecule has 0 spiro atoms. The van der Waals surface area contributed by atoms with Gasteiger partial charge in [-0.2, -0.15) is 0 Å². The number of hydrogen-bond donors (Lipinski definition) is 0. The molecule has 0 aromatic heterocycles. The predicted octanol–water partition coefficient (Wildman–Crippen LogP) is 5.29. The number of carbonyl (C=O) groups excluding carboxylic acids is 1. The third-order valence-corrected chi connectivity index (χ3v) is 8.00. The highest BCUT2D eigenvalue weighted by Gasteiger charge is 2.34. The van der Waals surface area contributed by atoms with Crippen molar-refractivity contribution >= 4 is 27.3 Å². The molecular weight excluding hydrogens is 432 g/mol. The molecule has 0 saturated carbocycles. The first kappa shape index (κ1) is 23.1. The Morgan fingerprint density at radius 1 is 1.00 bits per heavy atom. The Labute approximate surface area is 196 Å². The summed E-state index contributed by atoms with van der Waals surface area (Å²) in [6.07, 6.45) is 0.760. The van der Waals surface area contributed by atoms with E-state index in [4.69, 9.17) is 0 Å². The van der Waals surface area contributed by atoms with Gasteiger partial charge in [0.05, 0.1) is 10.6 Å². The fraction of sp³-hybridized carbons (Fsp3) is 0.296. The highest BCUT2D eigenvalue weighted by molar-refractivity contribution is 7.92. The second-order valence-electron chi connectivity index (χ2n) is 9.02. The van der Waals surface area contributed by atoms with Gasteiger partial charge in [0, 0.05) is 11.7 Å². The number of hydrogen-bond acceptors (Lipinski definition) is 3. The number of anilines is 2. The molecule has 4 rings (SSSR count). The lowest BCUT2D eigenvalue weighted by Crippen LogP contribution is -2.45. The second kappa shape index (κ2) is 9.02. The number of carbonyl (C=O) groups is 1. The number of fused-ring (bicyclic) bond motifs is 1. The Morgan fingerprint density at radius 3 is 2.27 bits per heavy atom. The summed E-state index contributed by atoms with van der Waals surface area (Å²) in [5.41, 5.74) is 4.53. The van der Waals surface area contributed by atoms with Gasteiger partial charge in [0.1, 0.15) is 6.54 Å². The smallest absolute Gasteiger partial charge is 0.264 e. The van der Waals surface area contributed by atoms with Crippen LogP contribution < -0.4 is 9.21 Å². The van der Waals surface area contributed by atoms with Gasteiger partial charge in [0.2, 0.25) is 5.91 Å². The van der Waals surface area contributed by atoms with Crippen LogP contribution in [0.2, 0.25) is 0 Å². The van der Waals surface area contributed by atoms with Gasteiger partial charge in [-0.15, -0.1) is 0 Å². The molecule has 0 radical (unpaired) electrons. The first-order chi connectivity index (χ1) is 15.7. The van der Waals surface area contributed by atoms with Crippen LogP contribution in [-0.4, -0.2) is 26.9 Å². The fourth-order valence-electron chi connectivity index (χ4n) is 4.32. The highest BCUT2D eigenvalue weighted by Crippen LogP contribution is 2.33. The Hall–Kier alpha value is -3.12. The van der Waals surface area contributed by atoms with Crippen molar-refractivity contribution in [1.82, 2.24) is 0 Å². The number of aryl methyl sites for hydroxylation is 1. The maximum Gasteiger partial charge on any atom is 0.264 e. The topological polar surface area (TPSA) is 57.7 Å². The molecular formula is C27H30N2O3S. The average Bonchev–Trinajstić information content (AvgIpc) is 3.13. The van der Waals surface area contributed by atoms with Crippen LogP contribution in [0.1, 0.15) is 43.4 Å². The molecule has 172 valence electrons. The zero-order valence-electron chi connectivity index (χ0n) is 19.5. The van der Waals surface area contributed by atoms with Crippen LogP contribution in [-0.2, 0) is 21.2 Å². The lowest BCUT2D eigenvalue weighted by molar-refractivity contribution is -0.117. The highest BCUT2D eigenvalue weighted by atomic mass is 32.2. The van der Waals surface area contributed by atoms with Crippen LogP contribution in [0.5, 0.6) is 0 Å². The summed E-state index contributed by atoms with van der Waals surface area (Å²) >= 11 is 0. The van der Waals surface area contributed by atoms with E-state index in [1.54, 1.807) is 41.3 Å². The van der Waals surface area contributed by atoms with Gasteiger partial charge in [0.25, 0.3) is 10.0 Å². The van der Waals surface area contributed by atoms with Crippen LogP contribution in [0.4, 0.5) is 11.4 Å². The van der Waals surface area contributed by atoms with Crippen LogP contribution in [0, 0.1) is 6.92 Å². The first-order valence-corrected chi connectivity index (χ1v) is 12.7. The van der Waals surface area contributed by atoms with Crippen LogP contribution in [0.15, 0.2) is 77.7 Å². The van der Waals surface area contributed by atoms with E-state index in [2.05, 4.69) is 13.8 Å². The summed E-state index contributed by atoms with van der Waals surface area (Å²) in [4.78, 5) is 15.4. The van der Waals surface area contributed by atoms with Crippen molar-refractivity contribution in [3.05, 3.63) is 89.5 Å². The van der Waals surface area contributed by atoms with Crippen LogP contribution in [0.25, 0.3) is 0 Å². The van der Waals surface area contributed by atoms with Gasteiger partial charge in [-0.1, -0.05) is 61.9 Å². The Balaban J connectivity index is 1.73. The maximum atomic E-state index is 13.7. The fourth-order valence-corrected chi connectivity index (χ4v) is 5.74. The molecule has 1 heterocycles. The molecule has 0 saturated heterocycles. The van der Waals surface area contributed by atoms with E-state index in [0.29, 0.717) is 11.6 Å². The molecule has 0 N–H and O–H groups in total. The van der Waals surface area contributed by atoms with Crippen molar-refractivity contribution in [3.63, 3.8) is 0 Å². The third kappa shape index (κ3) is 4.53. The maximum absolute atomic E-state index is 13.7. The lowest BCUT2D eigenvalue weighted by Gasteiger charge is -2.29. The van der Waals surface area contributed by atoms with E-state index < -0.39 is 10.0 Å². The van der Waals surface area contributed by atoms with E-state index in [-0.39, 0.29) is 23.4 Å². The van der Waals surface area contributed by atoms with Gasteiger partial charge in [-0.05, 0) is 67.6 Å². The molecule has 1 unspecified atom stereocenters. The molecule has 0 fully saturated rings. The van der Waals surface area contributed by atoms with Crippen LogP contribution >= 0.6 is 0 Å². The van der Waals surface area contributed by atoms with Gasteiger partial charge in [-0.25, -0.2) is 8.42 Å². The Kier molecular flexibility index (Phi) is 6.30. The summed E-state index contributed by atoms with van der Waals surface area (Å²) in [6.45, 7) is 7.82. The molecule has 3 aromatic rings. The minimum Gasteiger partial charge on any atom is -0.307 e. The minimum absolute atomic E-state index is 0.0258. The molecule has 1 atom stereocenters. The zero-order chi connectivity index (χ0) is 23.8. The summed E-state index contributed by atoms with van der Waals surface area (Å²) in [7, 11) is -3.94. The molecule has 0 aliphatic carbocycles. The van der Waals surface area contributed by atoms with Crippen LogP contribution in [0.3, 0.4) is 0 Å². The molecule has 6 heteroatoms. The Morgan fingerprint density at radius 2 is 1.64 bits per heavy atom. The summed E-state index contributed by atoms with van der Waals surface area (Å²) < 4.78 is 28.6. The summed E-state index contributed by atoms with van der Waals surface area (Å²) in [5, 5.41) is 0. The van der Waals surface area contributed by atoms with Crippen molar-refractivity contribution in [2.24, 2.45) is 0 Å². The minimum atomic E-state index is -3.94. The number of nitrogens with zero attached hydrogens (tertiary/aromatic N) is 2. The zero-order valence-corrected chi connectivity index (χ0v) is 20.3. The molecule has 33 heavy (non-hydrogen) atoms. The third-order valence-electron chi connectivity index (χ3n) is 6.21. The van der Waals surface area contributed by atoms with Crippen molar-refractivity contribution in [2.75, 3.05) is 15.7 Å². The van der Waals surface area contributed by atoms with Gasteiger partial charge >= 0.3 is 0 Å². The normalized spacial score (nSPS) is 15.5. The number of rotatable bonds is 6. The van der Waals surface area contributed by atoms with E-state index in [0.717, 1.165) is 28.8 Å². The predicted molar refractivity (Wildman–Crippen MR) is 133 cm³/mol. The van der Waals surface area contributed by atoms with Gasteiger partial charge in [-0.3, -0.25) is 9.10 Å². The molecule has 1 aliphatic heterocycles. The first-order valence-electron chi connectivity index (χ1n) is 11.3. The molecule has 1 amide bonds. The molecule has 0 bridgehead atoms. The number of benzene rings is 3. The van der Waals surface area contributed by atoms with E-state index in [1.165, 1.54) is 4.31 Å². The largest absolute Gasteiger partial charge is 0.307 e. The summed E-state index contributed by atoms with van der Waals surface area (Å²) in [5.74, 6) is 0.0841. The van der Waals surface area contributed by atoms with Gasteiger partial charge < -0.3 is 4.90 Å². The second-order valence-corrected chi connectivity index (χ2v) is 10.9. The van der Waals surface area contributed by atoms with Crippen molar-refractivity contribution in [2.45, 2.75) is 51.0 Å². The Bertz CT molecular complexity index is 1250. The lowest BCUT2D eigenvalue weighted by atomic mass is 10.0. The number of amides is 1. The summed E-state index contributed by atoms with van der Waals surface area (Å²) in [6, 6.07) is 21.9. The standard InChI is InChI=1S/C27H30N2O3S/c1-19(2)22-11-13-24(14-12-22)28(33(31,32)25-15-9-20(3)10-16-25)18-27(30)29-21(4)17-23-7-5-6-8-26(23)29/h5-16,19,21H,17-18H2,1-4H3. The monoisotopic (exact) mass is 462 g/mol. The average molecular weight is 463 g/mol. The van der Waals surface area contributed by atoms with Crippen molar-refractivity contribution < 1.29 is 13.2 Å². The SMILES string of the molecule is Cc1ccc(S(=O)(=O)N(CC(=O)N2c3ccccc3CC2C)c2ccc(C(C)C)cc2)cc1. The molecule has 3 aromatic carbocycles. The van der Waals surface area contributed by atoms with Crippen molar-refractivity contribution in [1.29, 1.82) is 0 Å². The molecule has 5 nitrogen and oxygen atoms in total.